The lowest BCUT2D eigenvalue weighted by Crippen LogP contribution is -2.16. The molecule has 1 N–H and O–H groups in total. The Kier molecular flexibility index (Phi) is 2.78. The number of rotatable bonds is 1. The maximum absolute atomic E-state index is 8.99. The van der Waals surface area contributed by atoms with Crippen LogP contribution in [0, 0.1) is 5.92 Å². The summed E-state index contributed by atoms with van der Waals surface area (Å²) in [5.74, 6) is 2.21. The Morgan fingerprint density at radius 3 is 2.75 bits per heavy atom. The molecule has 0 spiro atoms. The molecule has 0 amide bonds. The smallest absolute Gasteiger partial charge is 0.120 e. The van der Waals surface area contributed by atoms with Crippen molar-refractivity contribution in [2.45, 2.75) is 38.4 Å². The van der Waals surface area contributed by atoms with Crippen LogP contribution in [0.3, 0.4) is 0 Å². The van der Waals surface area contributed by atoms with Gasteiger partial charge in [-0.15, -0.1) is 0 Å². The van der Waals surface area contributed by atoms with E-state index in [0.717, 1.165) is 35.6 Å². The molecular weight excluding hydrogens is 222 g/mol. The predicted molar refractivity (Wildman–Crippen MR) is 66.5 cm³/mol. The Balaban J connectivity index is 2.47. The second kappa shape index (κ2) is 3.84. The van der Waals surface area contributed by atoms with Crippen molar-refractivity contribution in [2.24, 2.45) is 11.1 Å². The fraction of sp³-hybridized carbons (Fsp3) is 0.583. The van der Waals surface area contributed by atoms with Gasteiger partial charge in [0.05, 0.1) is 10.5 Å². The topological polar surface area (TPSA) is 45.7 Å². The van der Waals surface area contributed by atoms with Crippen LogP contribution in [0.2, 0.25) is 0 Å². The molecule has 1 heterocycles. The highest BCUT2D eigenvalue weighted by molar-refractivity contribution is 7.81. The number of oxime groups is 1. The Labute approximate surface area is 101 Å². The molecular formula is C12H17NO2S. The van der Waals surface area contributed by atoms with E-state index in [-0.39, 0.29) is 4.75 Å². The van der Waals surface area contributed by atoms with E-state index in [1.54, 1.807) is 0 Å². The van der Waals surface area contributed by atoms with Crippen molar-refractivity contribution in [2.75, 3.05) is 0 Å². The van der Waals surface area contributed by atoms with E-state index in [1.807, 2.05) is 19.9 Å². The zero-order valence-corrected chi connectivity index (χ0v) is 10.7. The molecule has 1 unspecified atom stereocenters. The van der Waals surface area contributed by atoms with Gasteiger partial charge in [0.25, 0.3) is 0 Å². The molecule has 88 valence electrons. The molecule has 1 aromatic heterocycles. The zero-order valence-electron chi connectivity index (χ0n) is 9.82. The van der Waals surface area contributed by atoms with Crippen LogP contribution in [-0.2, 0) is 11.2 Å². The lowest BCUT2D eigenvalue weighted by Gasteiger charge is -2.17. The molecule has 0 aromatic carbocycles. The lowest BCUT2D eigenvalue weighted by atomic mass is 9.88. The van der Waals surface area contributed by atoms with Crippen molar-refractivity contribution in [3.8, 4) is 0 Å². The molecule has 1 atom stereocenters. The van der Waals surface area contributed by atoms with E-state index in [0.29, 0.717) is 5.92 Å². The van der Waals surface area contributed by atoms with E-state index in [9.17, 15) is 0 Å². The van der Waals surface area contributed by atoms with Gasteiger partial charge in [-0.05, 0) is 32.3 Å². The van der Waals surface area contributed by atoms with Gasteiger partial charge in [-0.1, -0.05) is 12.1 Å². The summed E-state index contributed by atoms with van der Waals surface area (Å²) in [6.45, 7) is 6.10. The monoisotopic (exact) mass is 239 g/mol. The summed E-state index contributed by atoms with van der Waals surface area (Å²) in [6.07, 6.45) is 1.70. The molecule has 4 heteroatoms. The Morgan fingerprint density at radius 2 is 2.19 bits per heavy atom. The first-order valence-corrected chi connectivity index (χ1v) is 5.93. The molecule has 1 aliphatic rings. The first-order chi connectivity index (χ1) is 7.41. The second-order valence-electron chi connectivity index (χ2n) is 5.07. The van der Waals surface area contributed by atoms with Crippen LogP contribution in [0.15, 0.2) is 15.6 Å². The molecule has 1 aliphatic carbocycles. The van der Waals surface area contributed by atoms with Gasteiger partial charge in [-0.25, -0.2) is 0 Å². The summed E-state index contributed by atoms with van der Waals surface area (Å²) in [5.41, 5.74) is 1.67. The Hall–Kier alpha value is -0.900. The van der Waals surface area contributed by atoms with Gasteiger partial charge in [-0.2, -0.15) is 12.6 Å². The van der Waals surface area contributed by atoms with Crippen molar-refractivity contribution in [1.82, 2.24) is 0 Å². The van der Waals surface area contributed by atoms with E-state index in [2.05, 4.69) is 24.7 Å². The van der Waals surface area contributed by atoms with Gasteiger partial charge < -0.3 is 9.62 Å². The number of hydrogen-bond donors (Lipinski definition) is 2. The summed E-state index contributed by atoms with van der Waals surface area (Å²) in [4.78, 5) is 0. The standard InChI is InChI=1S/C12H17NO2S/c1-7-4-9(13-14)8-6-11(12(2,3)16)15-10(8)5-7/h6-7,14,16H,4-5H2,1-3H3/b13-9-. The van der Waals surface area contributed by atoms with Crippen LogP contribution in [0.5, 0.6) is 0 Å². The molecule has 2 rings (SSSR count). The van der Waals surface area contributed by atoms with E-state index >= 15 is 0 Å². The summed E-state index contributed by atoms with van der Waals surface area (Å²) >= 11 is 4.49. The number of furan rings is 1. The van der Waals surface area contributed by atoms with Crippen LogP contribution >= 0.6 is 12.6 Å². The second-order valence-corrected chi connectivity index (χ2v) is 6.18. The zero-order chi connectivity index (χ0) is 11.9. The number of fused-ring (bicyclic) bond motifs is 1. The van der Waals surface area contributed by atoms with E-state index < -0.39 is 0 Å². The maximum Gasteiger partial charge on any atom is 0.120 e. The van der Waals surface area contributed by atoms with Crippen LogP contribution in [-0.4, -0.2) is 10.9 Å². The Bertz CT molecular complexity index is 429. The minimum absolute atomic E-state index is 0.304. The fourth-order valence-corrected chi connectivity index (χ4v) is 2.16. The van der Waals surface area contributed by atoms with Gasteiger partial charge in [-0.3, -0.25) is 0 Å². The Morgan fingerprint density at radius 1 is 1.50 bits per heavy atom. The molecule has 0 bridgehead atoms. The van der Waals surface area contributed by atoms with E-state index in [4.69, 9.17) is 9.62 Å². The highest BCUT2D eigenvalue weighted by atomic mass is 32.1. The largest absolute Gasteiger partial charge is 0.464 e. The lowest BCUT2D eigenvalue weighted by molar-refractivity contribution is 0.314. The molecule has 0 radical (unpaired) electrons. The molecule has 1 aromatic rings. The highest BCUT2D eigenvalue weighted by Gasteiger charge is 2.29. The maximum atomic E-state index is 8.99. The van der Waals surface area contributed by atoms with Crippen molar-refractivity contribution < 1.29 is 9.62 Å². The van der Waals surface area contributed by atoms with Gasteiger partial charge in [0, 0.05) is 12.0 Å². The quantitative estimate of drug-likeness (QED) is 0.449. The minimum Gasteiger partial charge on any atom is -0.464 e. The third kappa shape index (κ3) is 1.98. The third-order valence-corrected chi connectivity index (χ3v) is 3.14. The molecule has 0 aliphatic heterocycles. The number of hydrogen-bond acceptors (Lipinski definition) is 4. The summed E-state index contributed by atoms with van der Waals surface area (Å²) in [7, 11) is 0. The molecule has 3 nitrogen and oxygen atoms in total. The van der Waals surface area contributed by atoms with Crippen LogP contribution in [0.1, 0.15) is 44.3 Å². The predicted octanol–water partition coefficient (Wildman–Crippen LogP) is 3.21. The first kappa shape index (κ1) is 11.6. The summed E-state index contributed by atoms with van der Waals surface area (Å²) in [6, 6.07) is 1.95. The summed E-state index contributed by atoms with van der Waals surface area (Å²) in [5, 5.41) is 12.4. The molecule has 0 saturated carbocycles. The minimum atomic E-state index is -0.304. The van der Waals surface area contributed by atoms with Crippen molar-refractivity contribution >= 4 is 18.3 Å². The van der Waals surface area contributed by atoms with Gasteiger partial charge in [0.15, 0.2) is 0 Å². The van der Waals surface area contributed by atoms with Crippen LogP contribution in [0.25, 0.3) is 0 Å². The highest BCUT2D eigenvalue weighted by Crippen LogP contribution is 2.35. The molecule has 16 heavy (non-hydrogen) atoms. The van der Waals surface area contributed by atoms with Crippen LogP contribution in [0.4, 0.5) is 0 Å². The number of thiol groups is 1. The molecule has 0 fully saturated rings. The average molecular weight is 239 g/mol. The van der Waals surface area contributed by atoms with Crippen LogP contribution < -0.4 is 0 Å². The first-order valence-electron chi connectivity index (χ1n) is 5.48. The summed E-state index contributed by atoms with van der Waals surface area (Å²) < 4.78 is 5.50. The van der Waals surface area contributed by atoms with Gasteiger partial charge >= 0.3 is 0 Å². The van der Waals surface area contributed by atoms with Crippen molar-refractivity contribution in [3.05, 3.63) is 23.2 Å². The SMILES string of the molecule is CC1C/C(=N/O)c2cc(C(C)(C)S)oc2C1. The normalized spacial score (nSPS) is 23.5. The molecule has 0 saturated heterocycles. The van der Waals surface area contributed by atoms with Gasteiger partial charge in [0.2, 0.25) is 0 Å². The van der Waals surface area contributed by atoms with Crippen molar-refractivity contribution in [1.29, 1.82) is 0 Å². The van der Waals surface area contributed by atoms with Crippen molar-refractivity contribution in [3.63, 3.8) is 0 Å². The number of nitrogens with zero attached hydrogens (tertiary/aromatic N) is 1. The van der Waals surface area contributed by atoms with Gasteiger partial charge in [0.1, 0.15) is 11.5 Å². The average Bonchev–Trinajstić information content (AvgIpc) is 2.59. The third-order valence-electron chi connectivity index (χ3n) is 2.92. The fourth-order valence-electron chi connectivity index (χ4n) is 2.05. The van der Waals surface area contributed by atoms with E-state index in [1.165, 1.54) is 0 Å².